The maximum absolute atomic E-state index is 13.4. The van der Waals surface area contributed by atoms with E-state index in [1.165, 1.54) is 13.3 Å². The summed E-state index contributed by atoms with van der Waals surface area (Å²) < 4.78 is 38.5. The summed E-state index contributed by atoms with van der Waals surface area (Å²) >= 11 is 9.95. The highest BCUT2D eigenvalue weighted by molar-refractivity contribution is 7.71. The van der Waals surface area contributed by atoms with E-state index in [9.17, 15) is 8.78 Å². The predicted molar refractivity (Wildman–Crippen MR) is 109 cm³/mol. The number of hydrogen-bond donors (Lipinski definition) is 1. The molecule has 30 heavy (non-hydrogen) atoms. The van der Waals surface area contributed by atoms with Gasteiger partial charge in [-0.25, -0.2) is 5.10 Å². The number of H-pyrrole nitrogens is 1. The number of methoxy groups -OCH3 is 1. The monoisotopic (exact) mass is 449 g/mol. The minimum atomic E-state index is -3.73. The van der Waals surface area contributed by atoms with Crippen molar-refractivity contribution in [2.75, 3.05) is 7.11 Å². The highest BCUT2D eigenvalue weighted by atomic mass is 35.5. The maximum Gasteiger partial charge on any atom is 0.383 e. The summed E-state index contributed by atoms with van der Waals surface area (Å²) in [6.07, 6.45) is 1.34. The molecule has 3 aromatic rings. The Labute approximate surface area is 180 Å². The lowest BCUT2D eigenvalue weighted by molar-refractivity contribution is 0.0805. The standard InChI is InChI=1S/C19H14ClF2N5O2S/c1-28-16-7-4-13(10-24-27-17(19(20,21)22)25-26-18(27)30)8-14(16)11-29-15-5-2-12(9-23)3-6-15/h2-8,10H,11H2,1H3,(H,26,30)/b24-10-. The third-order valence-electron chi connectivity index (χ3n) is 3.91. The SMILES string of the molecule is COc1ccc(/C=N\n2c(C(F)(F)Cl)n[nH]c2=S)cc1COc1ccc(C#N)cc1. The summed E-state index contributed by atoms with van der Waals surface area (Å²) in [6, 6.07) is 13.8. The predicted octanol–water partition coefficient (Wildman–Crippen LogP) is 4.57. The average molecular weight is 450 g/mol. The Morgan fingerprint density at radius 1 is 1.33 bits per heavy atom. The molecule has 11 heteroatoms. The molecule has 0 spiro atoms. The van der Waals surface area contributed by atoms with Crippen LogP contribution in [0.5, 0.6) is 11.5 Å². The minimum Gasteiger partial charge on any atom is -0.496 e. The molecule has 7 nitrogen and oxygen atoms in total. The molecule has 1 heterocycles. The first kappa shape index (κ1) is 21.4. The normalized spacial score (nSPS) is 11.4. The molecule has 0 radical (unpaired) electrons. The third-order valence-corrected chi connectivity index (χ3v) is 4.34. The van der Waals surface area contributed by atoms with Gasteiger partial charge >= 0.3 is 5.38 Å². The van der Waals surface area contributed by atoms with Gasteiger partial charge in [0.15, 0.2) is 0 Å². The van der Waals surface area contributed by atoms with Crippen LogP contribution in [0.3, 0.4) is 0 Å². The Bertz CT molecular complexity index is 1160. The molecule has 0 fully saturated rings. The van der Waals surface area contributed by atoms with Crippen molar-refractivity contribution in [3.63, 3.8) is 0 Å². The second-order valence-corrected chi connectivity index (χ2v) is 6.76. The first-order valence-corrected chi connectivity index (χ1v) is 9.19. The van der Waals surface area contributed by atoms with Gasteiger partial charge in [0.05, 0.1) is 25.0 Å². The van der Waals surface area contributed by atoms with Crippen molar-refractivity contribution < 1.29 is 18.3 Å². The van der Waals surface area contributed by atoms with Crippen LogP contribution in [-0.4, -0.2) is 28.2 Å². The smallest absolute Gasteiger partial charge is 0.383 e. The van der Waals surface area contributed by atoms with Gasteiger partial charge in [-0.15, -0.1) is 5.10 Å². The molecule has 1 aromatic heterocycles. The number of nitriles is 1. The Morgan fingerprint density at radius 2 is 2.07 bits per heavy atom. The van der Waals surface area contributed by atoms with E-state index in [4.69, 9.17) is 38.6 Å². The van der Waals surface area contributed by atoms with Crippen molar-refractivity contribution in [2.45, 2.75) is 12.0 Å². The fourth-order valence-corrected chi connectivity index (χ4v) is 2.79. The summed E-state index contributed by atoms with van der Waals surface area (Å²) in [5.41, 5.74) is 1.81. The van der Waals surface area contributed by atoms with Crippen LogP contribution in [0.1, 0.15) is 22.5 Å². The number of aromatic nitrogens is 3. The number of nitrogens with zero attached hydrogens (tertiary/aromatic N) is 4. The van der Waals surface area contributed by atoms with E-state index in [1.54, 1.807) is 42.5 Å². The topological polar surface area (TPSA) is 88.2 Å². The first-order valence-electron chi connectivity index (χ1n) is 8.40. The van der Waals surface area contributed by atoms with Crippen molar-refractivity contribution in [3.05, 3.63) is 69.8 Å². The van der Waals surface area contributed by atoms with E-state index in [-0.39, 0.29) is 11.4 Å². The largest absolute Gasteiger partial charge is 0.496 e. The molecular weight excluding hydrogens is 436 g/mol. The van der Waals surface area contributed by atoms with Gasteiger partial charge < -0.3 is 9.47 Å². The number of halogens is 3. The zero-order chi connectivity index (χ0) is 21.7. The summed E-state index contributed by atoms with van der Waals surface area (Å²) in [6.45, 7) is 0.174. The lowest BCUT2D eigenvalue weighted by Gasteiger charge is -2.11. The minimum absolute atomic E-state index is 0.126. The van der Waals surface area contributed by atoms with Gasteiger partial charge in [0.25, 0.3) is 0 Å². The van der Waals surface area contributed by atoms with Gasteiger partial charge in [0, 0.05) is 5.56 Å². The van der Waals surface area contributed by atoms with Gasteiger partial charge in [-0.05, 0) is 71.8 Å². The molecule has 2 aromatic carbocycles. The molecule has 0 bridgehead atoms. The number of benzene rings is 2. The first-order chi connectivity index (χ1) is 14.3. The zero-order valence-electron chi connectivity index (χ0n) is 15.5. The van der Waals surface area contributed by atoms with E-state index < -0.39 is 11.2 Å². The fourth-order valence-electron chi connectivity index (χ4n) is 2.49. The molecule has 0 amide bonds. The Hall–Kier alpha value is -3.29. The van der Waals surface area contributed by atoms with Crippen LogP contribution in [0.2, 0.25) is 0 Å². The van der Waals surface area contributed by atoms with Crippen LogP contribution in [0.25, 0.3) is 0 Å². The van der Waals surface area contributed by atoms with Crippen molar-refractivity contribution in [3.8, 4) is 17.6 Å². The molecule has 0 aliphatic heterocycles. The molecule has 0 saturated carbocycles. The van der Waals surface area contributed by atoms with Gasteiger partial charge in [0.1, 0.15) is 18.1 Å². The number of nitrogens with one attached hydrogen (secondary N) is 1. The Morgan fingerprint density at radius 3 is 2.70 bits per heavy atom. The average Bonchev–Trinajstić information content (AvgIpc) is 3.12. The number of alkyl halides is 3. The quantitative estimate of drug-likeness (QED) is 0.324. The van der Waals surface area contributed by atoms with Crippen molar-refractivity contribution in [2.24, 2.45) is 5.10 Å². The van der Waals surface area contributed by atoms with Crippen LogP contribution in [-0.2, 0) is 12.0 Å². The molecule has 0 saturated heterocycles. The second-order valence-electron chi connectivity index (χ2n) is 5.90. The Kier molecular flexibility index (Phi) is 6.44. The molecular formula is C19H14ClF2N5O2S. The van der Waals surface area contributed by atoms with Gasteiger partial charge in [0.2, 0.25) is 10.6 Å². The second kappa shape index (κ2) is 9.02. The molecule has 154 valence electrons. The van der Waals surface area contributed by atoms with Crippen LogP contribution < -0.4 is 9.47 Å². The van der Waals surface area contributed by atoms with Gasteiger partial charge in [-0.1, -0.05) is 0 Å². The molecule has 3 rings (SSSR count). The molecule has 1 N–H and O–H groups in total. The van der Waals surface area contributed by atoms with Crippen molar-refractivity contribution >= 4 is 30.0 Å². The number of hydrogen-bond acceptors (Lipinski definition) is 6. The highest BCUT2D eigenvalue weighted by Gasteiger charge is 2.35. The van der Waals surface area contributed by atoms with Crippen LogP contribution in [0, 0.1) is 16.1 Å². The van der Waals surface area contributed by atoms with Gasteiger partial charge in [-0.3, -0.25) is 0 Å². The van der Waals surface area contributed by atoms with E-state index in [0.717, 1.165) is 4.68 Å². The lowest BCUT2D eigenvalue weighted by Crippen LogP contribution is -2.11. The van der Waals surface area contributed by atoms with E-state index in [1.807, 2.05) is 6.07 Å². The molecule has 0 aliphatic carbocycles. The van der Waals surface area contributed by atoms with E-state index >= 15 is 0 Å². The van der Waals surface area contributed by atoms with E-state index in [0.29, 0.717) is 28.2 Å². The molecule has 0 aliphatic rings. The van der Waals surface area contributed by atoms with Crippen LogP contribution in [0.4, 0.5) is 8.78 Å². The summed E-state index contributed by atoms with van der Waals surface area (Å²) in [4.78, 5) is 0. The maximum atomic E-state index is 13.4. The van der Waals surface area contributed by atoms with Crippen molar-refractivity contribution in [1.82, 2.24) is 14.9 Å². The zero-order valence-corrected chi connectivity index (χ0v) is 17.0. The third kappa shape index (κ3) is 5.00. The summed E-state index contributed by atoms with van der Waals surface area (Å²) in [5.74, 6) is 0.339. The van der Waals surface area contributed by atoms with Crippen LogP contribution in [0.15, 0.2) is 47.6 Å². The lowest BCUT2D eigenvalue weighted by atomic mass is 10.1. The fraction of sp³-hybridized carbons (Fsp3) is 0.158. The number of aromatic amines is 1. The van der Waals surface area contributed by atoms with Crippen LogP contribution >= 0.6 is 23.8 Å². The number of ether oxygens (including phenoxy) is 2. The highest BCUT2D eigenvalue weighted by Crippen LogP contribution is 2.30. The molecule has 0 unspecified atom stereocenters. The summed E-state index contributed by atoms with van der Waals surface area (Å²) in [7, 11) is 1.52. The van der Waals surface area contributed by atoms with Crippen molar-refractivity contribution in [1.29, 1.82) is 5.26 Å². The molecule has 0 atom stereocenters. The number of rotatable bonds is 7. The summed E-state index contributed by atoms with van der Waals surface area (Å²) in [5, 5.41) is 14.7. The van der Waals surface area contributed by atoms with E-state index in [2.05, 4.69) is 15.3 Å². The van der Waals surface area contributed by atoms with Gasteiger partial charge in [-0.2, -0.15) is 23.8 Å². The Balaban J connectivity index is 1.82.